The van der Waals surface area contributed by atoms with Gasteiger partial charge in [-0.05, 0) is 134 Å². The Kier molecular flexibility index (Phi) is 11.2. The number of nitrogens with zero attached hydrogens (tertiary/aromatic N) is 1. The highest BCUT2D eigenvalue weighted by Crippen LogP contribution is 2.76. The summed E-state index contributed by atoms with van der Waals surface area (Å²) in [5.41, 5.74) is 3.66. The van der Waals surface area contributed by atoms with E-state index in [9.17, 15) is 22.3 Å². The summed E-state index contributed by atoms with van der Waals surface area (Å²) in [6.45, 7) is 27.6. The van der Waals surface area contributed by atoms with E-state index in [4.69, 9.17) is 0 Å². The predicted octanol–water partition coefficient (Wildman–Crippen LogP) is 8.86. The second-order valence-corrected chi connectivity index (χ2v) is 25.3. The molecule has 0 unspecified atom stereocenters. The van der Waals surface area contributed by atoms with Gasteiger partial charge in [-0.25, -0.2) is 8.42 Å². The molecule has 1 aliphatic heterocycles. The van der Waals surface area contributed by atoms with Crippen molar-refractivity contribution in [1.29, 1.82) is 0 Å². The second kappa shape index (κ2) is 14.2. The summed E-state index contributed by atoms with van der Waals surface area (Å²) in [6, 6.07) is 0. The molecule has 0 radical (unpaired) electrons. The Morgan fingerprint density at radius 3 is 2.30 bits per heavy atom. The van der Waals surface area contributed by atoms with Crippen molar-refractivity contribution in [2.45, 2.75) is 138 Å². The van der Waals surface area contributed by atoms with Gasteiger partial charge in [-0.1, -0.05) is 72.3 Å². The molecule has 304 valence electrons. The fourth-order valence-corrected chi connectivity index (χ4v) is 16.0. The number of amides is 1. The van der Waals surface area contributed by atoms with Gasteiger partial charge >= 0.3 is 0 Å². The molecule has 1 amide bonds. The van der Waals surface area contributed by atoms with Crippen molar-refractivity contribution in [3.8, 4) is 0 Å². The quantitative estimate of drug-likeness (QED) is 0.155. The molecular weight excluding hydrogens is 703 g/mol. The minimum absolute atomic E-state index is 0.0742. The second-order valence-electron chi connectivity index (χ2n) is 21.1. The molecule has 9 atom stereocenters. The third-order valence-electron chi connectivity index (χ3n) is 17.2. The molecule has 5 aliphatic carbocycles. The van der Waals surface area contributed by atoms with Crippen LogP contribution in [0.3, 0.4) is 0 Å². The van der Waals surface area contributed by atoms with Crippen molar-refractivity contribution in [3.05, 3.63) is 23.8 Å². The van der Waals surface area contributed by atoms with Gasteiger partial charge in [0.2, 0.25) is 15.9 Å². The Hall–Kier alpha value is -0.910. The van der Waals surface area contributed by atoms with Crippen LogP contribution in [-0.2, 0) is 14.8 Å². The van der Waals surface area contributed by atoms with Gasteiger partial charge in [-0.2, -0.15) is 10.6 Å². The molecule has 0 bridgehead atoms. The third kappa shape index (κ3) is 7.62. The monoisotopic (exact) mass is 778 g/mol. The molecule has 1 heterocycles. The molecule has 0 aromatic carbocycles. The lowest BCUT2D eigenvalue weighted by Gasteiger charge is -2.72. The van der Waals surface area contributed by atoms with Gasteiger partial charge in [0, 0.05) is 38.1 Å². The maximum atomic E-state index is 12.5. The van der Waals surface area contributed by atoms with Crippen LogP contribution in [0.4, 0.5) is 0 Å². The number of fused-ring (bicyclic) bond motifs is 7. The number of hydrogen-bond donors (Lipinski definition) is 4. The van der Waals surface area contributed by atoms with Crippen LogP contribution in [-0.4, -0.2) is 77.8 Å². The van der Waals surface area contributed by atoms with E-state index in [1.807, 2.05) is 0 Å². The lowest BCUT2D eigenvalue weighted by atomic mass is 9.33. The van der Waals surface area contributed by atoms with E-state index < -0.39 is 26.5 Å². The summed E-state index contributed by atoms with van der Waals surface area (Å²) in [7, 11) is -5.92. The molecule has 4 saturated carbocycles. The van der Waals surface area contributed by atoms with Crippen molar-refractivity contribution >= 4 is 26.5 Å². The minimum atomic E-state index is -3.55. The van der Waals surface area contributed by atoms with Crippen LogP contribution in [0.25, 0.3) is 0 Å². The summed E-state index contributed by atoms with van der Waals surface area (Å²) in [6.07, 6.45) is 16.9. The van der Waals surface area contributed by atoms with Crippen LogP contribution in [0.1, 0.15) is 132 Å². The van der Waals surface area contributed by atoms with Crippen LogP contribution < -0.4 is 10.0 Å². The molecule has 4 N–H and O–H groups in total. The zero-order valence-electron chi connectivity index (χ0n) is 34.8. The predicted molar refractivity (Wildman–Crippen MR) is 220 cm³/mol. The van der Waals surface area contributed by atoms with Crippen molar-refractivity contribution in [2.24, 2.45) is 56.7 Å². The van der Waals surface area contributed by atoms with Gasteiger partial charge in [-0.3, -0.25) is 23.5 Å². The molecule has 0 aromatic rings. The van der Waals surface area contributed by atoms with Gasteiger partial charge in [-0.15, -0.1) is 0 Å². The first-order valence-electron chi connectivity index (χ1n) is 20.9. The number of sulfonamides is 1. The molecule has 5 fully saturated rings. The molecule has 0 aromatic heterocycles. The standard InChI is InChI=1S/C43H75N3O5S2/c1-30(2)32-15-20-43(44-23-24-46-25-27-53(50,51)28-26-46)22-21-41(8)33(37(32)43)11-12-35-40(7)18-14-31(39(5,6)34(40)16-19-42(35,41)9)13-17-38(3,4)29-36(47)45-52(10,48)49/h14,32-35,37,44,50-51H,1,11-13,15-29H2,2-10H3,(H,45,47)/t32-,33+,34-,35+,37+,40-,41+,42+,43-/m0/s1. The average molecular weight is 778 g/mol. The van der Waals surface area contributed by atoms with Crippen LogP contribution in [0.2, 0.25) is 0 Å². The van der Waals surface area contributed by atoms with Crippen molar-refractivity contribution in [1.82, 2.24) is 14.9 Å². The number of carbonyl (C=O) groups excluding carboxylic acids is 1. The van der Waals surface area contributed by atoms with E-state index in [1.165, 1.54) is 62.5 Å². The average Bonchev–Trinajstić information content (AvgIpc) is 3.40. The van der Waals surface area contributed by atoms with Gasteiger partial charge in [0.1, 0.15) is 0 Å². The maximum absolute atomic E-state index is 12.5. The Bertz CT molecular complexity index is 1560. The van der Waals surface area contributed by atoms with E-state index in [1.54, 1.807) is 0 Å². The summed E-state index contributed by atoms with van der Waals surface area (Å²) in [5, 5.41) is 4.24. The van der Waals surface area contributed by atoms with E-state index in [2.05, 4.69) is 83.0 Å². The van der Waals surface area contributed by atoms with Gasteiger partial charge in [0.25, 0.3) is 0 Å². The Labute approximate surface area is 325 Å². The van der Waals surface area contributed by atoms with Crippen LogP contribution in [0, 0.1) is 56.7 Å². The molecule has 10 heteroatoms. The summed E-state index contributed by atoms with van der Waals surface area (Å²) >= 11 is 0. The fourth-order valence-electron chi connectivity index (χ4n) is 14.2. The normalized spacial score (nSPS) is 41.6. The summed E-state index contributed by atoms with van der Waals surface area (Å²) in [4.78, 5) is 14.9. The van der Waals surface area contributed by atoms with E-state index in [0.717, 1.165) is 51.7 Å². The van der Waals surface area contributed by atoms with Gasteiger partial charge < -0.3 is 5.32 Å². The Morgan fingerprint density at radius 1 is 0.981 bits per heavy atom. The largest absolute Gasteiger partial charge is 0.310 e. The number of carbonyl (C=O) groups is 1. The zero-order valence-corrected chi connectivity index (χ0v) is 36.4. The lowest BCUT2D eigenvalue weighted by Crippen LogP contribution is -2.68. The van der Waals surface area contributed by atoms with Gasteiger partial charge in [0.15, 0.2) is 0 Å². The Morgan fingerprint density at radius 2 is 1.66 bits per heavy atom. The molecule has 6 rings (SSSR count). The zero-order chi connectivity index (χ0) is 39.0. The smallest absolute Gasteiger partial charge is 0.233 e. The van der Waals surface area contributed by atoms with Crippen LogP contribution in [0.15, 0.2) is 23.8 Å². The first-order chi connectivity index (χ1) is 24.4. The maximum Gasteiger partial charge on any atom is 0.233 e. The highest BCUT2D eigenvalue weighted by Gasteiger charge is 2.70. The van der Waals surface area contributed by atoms with Gasteiger partial charge in [0.05, 0.1) is 17.8 Å². The third-order valence-corrected chi connectivity index (χ3v) is 19.5. The van der Waals surface area contributed by atoms with Crippen LogP contribution >= 0.6 is 10.6 Å². The SMILES string of the molecule is C=C(C)[C@@H]1CC[C@]2(NCCN3CCS(O)(O)CC3)CC[C@]3(C)[C@H](CC[C@@H]4[C@@]5(C)CC=C(CCC(C)(C)CC(=O)NS(C)(=O)=O)C(C)(C)[C@@H]5CC[C@]43C)[C@@H]12. The fraction of sp³-hybridized carbons (Fsp3) is 0.884. The number of allylic oxidation sites excluding steroid dienone is 3. The number of rotatable bonds is 11. The first kappa shape index (κ1) is 41.7. The minimum Gasteiger partial charge on any atom is -0.310 e. The molecule has 1 saturated heterocycles. The molecule has 8 nitrogen and oxygen atoms in total. The van der Waals surface area contributed by atoms with Crippen LogP contribution in [0.5, 0.6) is 0 Å². The van der Waals surface area contributed by atoms with Crippen molar-refractivity contribution in [2.75, 3.05) is 43.9 Å². The van der Waals surface area contributed by atoms with Crippen molar-refractivity contribution < 1.29 is 22.3 Å². The molecule has 6 aliphatic rings. The topological polar surface area (TPSA) is 119 Å². The highest BCUT2D eigenvalue weighted by atomic mass is 32.3. The van der Waals surface area contributed by atoms with Crippen molar-refractivity contribution in [3.63, 3.8) is 0 Å². The summed E-state index contributed by atoms with van der Waals surface area (Å²) < 4.78 is 45.7. The molecule has 0 spiro atoms. The van der Waals surface area contributed by atoms with E-state index in [0.29, 0.717) is 41.1 Å². The molecule has 53 heavy (non-hydrogen) atoms. The summed E-state index contributed by atoms with van der Waals surface area (Å²) in [5.74, 6) is 3.78. The highest BCUT2D eigenvalue weighted by molar-refractivity contribution is 8.24. The lowest BCUT2D eigenvalue weighted by molar-refractivity contribution is -0.221. The van der Waals surface area contributed by atoms with E-state index in [-0.39, 0.29) is 39.0 Å². The number of nitrogens with one attached hydrogen (secondary N) is 2. The first-order valence-corrected chi connectivity index (χ1v) is 24.7. The van der Waals surface area contributed by atoms with E-state index >= 15 is 0 Å². The Balaban J connectivity index is 1.19. The number of hydrogen-bond acceptors (Lipinski definition) is 7. The molecular formula is C43H75N3O5S2.